The van der Waals surface area contributed by atoms with Crippen molar-refractivity contribution in [2.75, 3.05) is 12.4 Å². The predicted octanol–water partition coefficient (Wildman–Crippen LogP) is 6.19. The van der Waals surface area contributed by atoms with Crippen LogP contribution in [0.25, 0.3) is 21.9 Å². The highest BCUT2D eigenvalue weighted by Gasteiger charge is 2.22. The topological polar surface area (TPSA) is 99.5 Å². The Hall–Kier alpha value is -3.56. The van der Waals surface area contributed by atoms with Gasteiger partial charge in [-0.05, 0) is 66.6 Å². The fraction of sp³-hybridized carbons (Fsp3) is 0.258. The average molecular weight is 625 g/mol. The highest BCUT2D eigenvalue weighted by Crippen LogP contribution is 2.33. The average Bonchev–Trinajstić information content (AvgIpc) is 2.93. The lowest BCUT2D eigenvalue weighted by molar-refractivity contribution is -0.143. The molecule has 0 N–H and O–H groups in total. The molecule has 208 valence electrons. The molecular weight excluding hydrogens is 594 g/mol. The quantitative estimate of drug-likeness (QED) is 0.112. The van der Waals surface area contributed by atoms with Gasteiger partial charge in [0.05, 0.1) is 29.5 Å². The van der Waals surface area contributed by atoms with Crippen molar-refractivity contribution in [1.82, 2.24) is 4.57 Å². The Morgan fingerprint density at radius 2 is 1.62 bits per heavy atom. The second-order valence-electron chi connectivity index (χ2n) is 9.45. The number of Topliss-reactive ketones (excluding diaryl/α,β-unsaturated/α-hetero) is 1. The summed E-state index contributed by atoms with van der Waals surface area (Å²) >= 11 is 3.49. The van der Waals surface area contributed by atoms with E-state index in [9.17, 15) is 22.8 Å². The number of carbonyl (C=O) groups is 2. The minimum atomic E-state index is -3.54. The first-order chi connectivity index (χ1) is 19.1. The Morgan fingerprint density at radius 1 is 0.925 bits per heavy atom. The maximum Gasteiger partial charge on any atom is 0.305 e. The molecule has 0 amide bonds. The lowest BCUT2D eigenvalue weighted by atomic mass is 9.95. The number of nitrogens with zero attached hydrogens (tertiary/aromatic N) is 1. The molecule has 0 bridgehead atoms. The summed E-state index contributed by atoms with van der Waals surface area (Å²) in [6, 6.07) is 21.2. The van der Waals surface area contributed by atoms with Gasteiger partial charge in [-0.3, -0.25) is 19.0 Å². The standard InChI is InChI=1S/C31H30BrNO6S/c1-3-39-28(35)11-7-8-18-40(37,38)25-15-12-22(13-16-25)20-33-30(21(2)34)29(23-9-5-4-6-10-23)27-19-24(32)14-17-26(27)31(33)36/h4-6,9-10,12-17,19H,3,7-8,11,18,20H2,1-2H3. The van der Waals surface area contributed by atoms with E-state index in [2.05, 4.69) is 15.9 Å². The summed E-state index contributed by atoms with van der Waals surface area (Å²) in [6.07, 6.45) is 0.952. The highest BCUT2D eigenvalue weighted by molar-refractivity contribution is 9.10. The molecule has 0 aliphatic heterocycles. The minimum absolute atomic E-state index is 0.0830. The van der Waals surface area contributed by atoms with E-state index in [1.165, 1.54) is 23.6 Å². The first kappa shape index (κ1) is 29.4. The van der Waals surface area contributed by atoms with Crippen LogP contribution in [-0.4, -0.2) is 37.1 Å². The molecule has 0 saturated heterocycles. The molecule has 0 spiro atoms. The van der Waals surface area contributed by atoms with Gasteiger partial charge in [-0.15, -0.1) is 0 Å². The summed E-state index contributed by atoms with van der Waals surface area (Å²) < 4.78 is 32.8. The molecule has 7 nitrogen and oxygen atoms in total. The van der Waals surface area contributed by atoms with Crippen molar-refractivity contribution < 1.29 is 22.7 Å². The normalized spacial score (nSPS) is 11.5. The van der Waals surface area contributed by atoms with Crippen LogP contribution in [0.5, 0.6) is 0 Å². The van der Waals surface area contributed by atoms with Crippen LogP contribution in [0.3, 0.4) is 0 Å². The number of pyridine rings is 1. The SMILES string of the molecule is CCOC(=O)CCCCS(=O)(=O)c1ccc(Cn2c(C(C)=O)c(-c3ccccc3)c3cc(Br)ccc3c2=O)cc1. The lowest BCUT2D eigenvalue weighted by Crippen LogP contribution is -2.27. The predicted molar refractivity (Wildman–Crippen MR) is 159 cm³/mol. The molecule has 1 aromatic heterocycles. The number of hydrogen-bond donors (Lipinski definition) is 0. The van der Waals surface area contributed by atoms with Gasteiger partial charge in [0.2, 0.25) is 0 Å². The van der Waals surface area contributed by atoms with E-state index in [1.54, 1.807) is 31.2 Å². The third-order valence-electron chi connectivity index (χ3n) is 6.60. The largest absolute Gasteiger partial charge is 0.466 e. The number of aromatic nitrogens is 1. The van der Waals surface area contributed by atoms with Crippen molar-refractivity contribution in [3.63, 3.8) is 0 Å². The molecule has 4 rings (SSSR count). The Balaban J connectivity index is 1.67. The molecule has 0 aliphatic rings. The van der Waals surface area contributed by atoms with E-state index in [1.807, 2.05) is 36.4 Å². The Morgan fingerprint density at radius 3 is 2.27 bits per heavy atom. The third kappa shape index (κ3) is 6.59. The van der Waals surface area contributed by atoms with Crippen LogP contribution in [0.1, 0.15) is 49.2 Å². The van der Waals surface area contributed by atoms with Crippen LogP contribution in [0.15, 0.2) is 87.0 Å². The number of carbonyl (C=O) groups excluding carboxylic acids is 2. The van der Waals surface area contributed by atoms with Crippen molar-refractivity contribution in [2.24, 2.45) is 0 Å². The Kier molecular flexibility index (Phi) is 9.37. The van der Waals surface area contributed by atoms with Gasteiger partial charge in [-0.25, -0.2) is 8.42 Å². The van der Waals surface area contributed by atoms with Crippen molar-refractivity contribution in [3.8, 4) is 11.1 Å². The second kappa shape index (κ2) is 12.7. The number of rotatable bonds is 11. The molecular formula is C31H30BrNO6S. The fourth-order valence-electron chi connectivity index (χ4n) is 4.73. The summed E-state index contributed by atoms with van der Waals surface area (Å²) in [6.45, 7) is 3.57. The number of sulfone groups is 1. The van der Waals surface area contributed by atoms with Crippen molar-refractivity contribution in [3.05, 3.63) is 98.9 Å². The molecule has 0 aliphatic carbocycles. The number of ether oxygens (including phenoxy) is 1. The monoisotopic (exact) mass is 623 g/mol. The number of esters is 1. The van der Waals surface area contributed by atoms with E-state index in [4.69, 9.17) is 4.74 Å². The maximum absolute atomic E-state index is 13.7. The van der Waals surface area contributed by atoms with E-state index in [0.29, 0.717) is 47.0 Å². The Labute approximate surface area is 241 Å². The molecule has 0 atom stereocenters. The van der Waals surface area contributed by atoms with Gasteiger partial charge in [0.1, 0.15) is 0 Å². The van der Waals surface area contributed by atoms with Crippen LogP contribution >= 0.6 is 15.9 Å². The van der Waals surface area contributed by atoms with Gasteiger partial charge in [-0.2, -0.15) is 0 Å². The summed E-state index contributed by atoms with van der Waals surface area (Å²) in [5, 5.41) is 1.16. The summed E-state index contributed by atoms with van der Waals surface area (Å²) in [5.74, 6) is -0.665. The molecule has 9 heteroatoms. The summed E-state index contributed by atoms with van der Waals surface area (Å²) in [5.41, 5.74) is 2.16. The van der Waals surface area contributed by atoms with Crippen molar-refractivity contribution >= 4 is 48.3 Å². The second-order valence-corrected chi connectivity index (χ2v) is 12.5. The molecule has 0 saturated carbocycles. The molecule has 1 heterocycles. The molecule has 40 heavy (non-hydrogen) atoms. The molecule has 0 radical (unpaired) electrons. The van der Waals surface area contributed by atoms with Crippen LogP contribution in [0.2, 0.25) is 0 Å². The molecule has 4 aromatic rings. The number of ketones is 1. The fourth-order valence-corrected chi connectivity index (χ4v) is 6.46. The van der Waals surface area contributed by atoms with Gasteiger partial charge in [0.15, 0.2) is 15.6 Å². The summed E-state index contributed by atoms with van der Waals surface area (Å²) in [4.78, 5) is 38.4. The minimum Gasteiger partial charge on any atom is -0.466 e. The van der Waals surface area contributed by atoms with Crippen LogP contribution in [-0.2, 0) is 25.9 Å². The summed E-state index contributed by atoms with van der Waals surface area (Å²) in [7, 11) is -3.54. The van der Waals surface area contributed by atoms with Crippen molar-refractivity contribution in [2.45, 2.75) is 44.6 Å². The van der Waals surface area contributed by atoms with Crippen molar-refractivity contribution in [1.29, 1.82) is 0 Å². The number of unbranched alkanes of at least 4 members (excludes halogenated alkanes) is 1. The number of hydrogen-bond acceptors (Lipinski definition) is 6. The van der Waals surface area contributed by atoms with Crippen LogP contribution in [0, 0.1) is 0 Å². The molecule has 0 fully saturated rings. The van der Waals surface area contributed by atoms with Crippen LogP contribution < -0.4 is 5.56 Å². The first-order valence-electron chi connectivity index (χ1n) is 13.0. The third-order valence-corrected chi connectivity index (χ3v) is 8.91. The van der Waals surface area contributed by atoms with Gasteiger partial charge < -0.3 is 4.74 Å². The zero-order valence-corrected chi connectivity index (χ0v) is 24.8. The van der Waals surface area contributed by atoms with E-state index >= 15 is 0 Å². The Bertz CT molecular complexity index is 1710. The van der Waals surface area contributed by atoms with Gasteiger partial charge >= 0.3 is 5.97 Å². The molecule has 3 aromatic carbocycles. The molecule has 0 unspecified atom stereocenters. The number of benzene rings is 3. The first-order valence-corrected chi connectivity index (χ1v) is 15.5. The lowest BCUT2D eigenvalue weighted by Gasteiger charge is -2.19. The number of halogens is 1. The van der Waals surface area contributed by atoms with E-state index in [-0.39, 0.29) is 40.9 Å². The zero-order chi connectivity index (χ0) is 28.9. The van der Waals surface area contributed by atoms with Gasteiger partial charge in [0, 0.05) is 28.8 Å². The van der Waals surface area contributed by atoms with Gasteiger partial charge in [-0.1, -0.05) is 58.4 Å². The van der Waals surface area contributed by atoms with Gasteiger partial charge in [0.25, 0.3) is 5.56 Å². The highest BCUT2D eigenvalue weighted by atomic mass is 79.9. The number of fused-ring (bicyclic) bond motifs is 1. The smallest absolute Gasteiger partial charge is 0.305 e. The zero-order valence-electron chi connectivity index (χ0n) is 22.4. The van der Waals surface area contributed by atoms with E-state index < -0.39 is 9.84 Å². The van der Waals surface area contributed by atoms with Crippen LogP contribution in [0.4, 0.5) is 0 Å². The maximum atomic E-state index is 13.7. The van der Waals surface area contributed by atoms with E-state index in [0.717, 1.165) is 10.0 Å².